The summed E-state index contributed by atoms with van der Waals surface area (Å²) in [6, 6.07) is 4.77. The molecule has 0 amide bonds. The zero-order chi connectivity index (χ0) is 17.1. The SMILES string of the molecule is C=CCCCCCN(C)C(=NC)NCc1ccc(F)c(CO)c1. The summed E-state index contributed by atoms with van der Waals surface area (Å²) in [4.78, 5) is 6.36. The minimum absolute atomic E-state index is 0.293. The van der Waals surface area contributed by atoms with Gasteiger partial charge in [-0.3, -0.25) is 4.99 Å². The number of aliphatic imine (C=N–C) groups is 1. The van der Waals surface area contributed by atoms with E-state index in [-0.39, 0.29) is 12.4 Å². The number of aliphatic hydroxyl groups excluding tert-OH is 1. The van der Waals surface area contributed by atoms with Crippen LogP contribution >= 0.6 is 0 Å². The van der Waals surface area contributed by atoms with Gasteiger partial charge in [0.2, 0.25) is 0 Å². The Morgan fingerprint density at radius 3 is 2.83 bits per heavy atom. The molecule has 128 valence electrons. The topological polar surface area (TPSA) is 47.9 Å². The van der Waals surface area contributed by atoms with Crippen LogP contribution in [0.5, 0.6) is 0 Å². The standard InChI is InChI=1S/C18H28FN3O/c1-4-5-6-7-8-11-22(3)18(20-2)21-13-15-9-10-17(19)16(12-15)14-23/h4,9-10,12,23H,1,5-8,11,13-14H2,2-3H3,(H,20,21). The highest BCUT2D eigenvalue weighted by molar-refractivity contribution is 5.79. The Balaban J connectivity index is 2.45. The van der Waals surface area contributed by atoms with E-state index in [1.54, 1.807) is 19.2 Å². The molecule has 4 nitrogen and oxygen atoms in total. The highest BCUT2D eigenvalue weighted by Gasteiger charge is 2.07. The van der Waals surface area contributed by atoms with E-state index < -0.39 is 0 Å². The number of hydrogen-bond donors (Lipinski definition) is 2. The van der Waals surface area contributed by atoms with E-state index in [1.807, 2.05) is 13.1 Å². The van der Waals surface area contributed by atoms with Crippen molar-refractivity contribution in [2.24, 2.45) is 4.99 Å². The molecular formula is C18H28FN3O. The lowest BCUT2D eigenvalue weighted by Gasteiger charge is -2.22. The van der Waals surface area contributed by atoms with E-state index in [4.69, 9.17) is 5.11 Å². The Bertz CT molecular complexity index is 517. The fourth-order valence-electron chi connectivity index (χ4n) is 2.35. The second-order valence-corrected chi connectivity index (χ2v) is 5.54. The third-order valence-electron chi connectivity index (χ3n) is 3.71. The van der Waals surface area contributed by atoms with Gasteiger partial charge in [-0.25, -0.2) is 4.39 Å². The van der Waals surface area contributed by atoms with Gasteiger partial charge >= 0.3 is 0 Å². The van der Waals surface area contributed by atoms with Crippen LogP contribution in [0, 0.1) is 5.82 Å². The third-order valence-corrected chi connectivity index (χ3v) is 3.71. The molecule has 0 atom stereocenters. The lowest BCUT2D eigenvalue weighted by Crippen LogP contribution is -2.39. The molecule has 5 heteroatoms. The number of guanidine groups is 1. The number of aliphatic hydroxyl groups is 1. The van der Waals surface area contributed by atoms with Crippen LogP contribution in [0.2, 0.25) is 0 Å². The maximum atomic E-state index is 13.4. The van der Waals surface area contributed by atoms with Crippen molar-refractivity contribution in [1.82, 2.24) is 10.2 Å². The van der Waals surface area contributed by atoms with Crippen LogP contribution < -0.4 is 5.32 Å². The zero-order valence-corrected chi connectivity index (χ0v) is 14.2. The summed E-state index contributed by atoms with van der Waals surface area (Å²) < 4.78 is 13.4. The quantitative estimate of drug-likeness (QED) is 0.318. The second kappa shape index (κ2) is 10.8. The lowest BCUT2D eigenvalue weighted by molar-refractivity contribution is 0.275. The van der Waals surface area contributed by atoms with Gasteiger partial charge in [-0.05, 0) is 37.0 Å². The van der Waals surface area contributed by atoms with Crippen molar-refractivity contribution in [3.63, 3.8) is 0 Å². The van der Waals surface area contributed by atoms with E-state index in [9.17, 15) is 4.39 Å². The number of nitrogens with one attached hydrogen (secondary N) is 1. The molecule has 2 N–H and O–H groups in total. The van der Waals surface area contributed by atoms with Crippen LogP contribution in [0.4, 0.5) is 4.39 Å². The molecule has 0 fully saturated rings. The van der Waals surface area contributed by atoms with Gasteiger partial charge in [0.1, 0.15) is 5.82 Å². The molecule has 23 heavy (non-hydrogen) atoms. The van der Waals surface area contributed by atoms with Gasteiger partial charge in [-0.1, -0.05) is 18.6 Å². The van der Waals surface area contributed by atoms with Crippen LogP contribution in [0.3, 0.4) is 0 Å². The first kappa shape index (κ1) is 19.2. The minimum atomic E-state index is -0.378. The van der Waals surface area contributed by atoms with Crippen molar-refractivity contribution < 1.29 is 9.50 Å². The third kappa shape index (κ3) is 6.82. The molecule has 0 radical (unpaired) electrons. The average molecular weight is 321 g/mol. The molecule has 0 aromatic heterocycles. The van der Waals surface area contributed by atoms with Gasteiger partial charge in [0.25, 0.3) is 0 Å². The molecule has 1 aromatic rings. The van der Waals surface area contributed by atoms with Crippen molar-refractivity contribution in [3.8, 4) is 0 Å². The normalized spacial score (nSPS) is 11.4. The van der Waals surface area contributed by atoms with Gasteiger partial charge < -0.3 is 15.3 Å². The van der Waals surface area contributed by atoms with E-state index >= 15 is 0 Å². The van der Waals surface area contributed by atoms with Gasteiger partial charge in [0.15, 0.2) is 5.96 Å². The predicted octanol–water partition coefficient (Wildman–Crippen LogP) is 3.07. The molecule has 0 heterocycles. The molecule has 0 bridgehead atoms. The van der Waals surface area contributed by atoms with Crippen LogP contribution in [0.1, 0.15) is 36.8 Å². The summed E-state index contributed by atoms with van der Waals surface area (Å²) in [7, 11) is 3.76. The predicted molar refractivity (Wildman–Crippen MR) is 93.8 cm³/mol. The number of unbranched alkanes of at least 4 members (excludes halogenated alkanes) is 3. The molecule has 0 saturated heterocycles. The number of rotatable bonds is 9. The summed E-state index contributed by atoms with van der Waals surface area (Å²) in [5.41, 5.74) is 1.23. The molecule has 1 rings (SSSR count). The van der Waals surface area contributed by atoms with E-state index in [0.29, 0.717) is 12.1 Å². The Labute approximate surface area is 138 Å². The monoisotopic (exact) mass is 321 g/mol. The van der Waals surface area contributed by atoms with E-state index in [1.165, 1.54) is 18.9 Å². The van der Waals surface area contributed by atoms with Crippen molar-refractivity contribution in [2.45, 2.75) is 38.8 Å². The van der Waals surface area contributed by atoms with E-state index in [0.717, 1.165) is 30.9 Å². The van der Waals surface area contributed by atoms with Crippen LogP contribution in [-0.2, 0) is 13.2 Å². The van der Waals surface area contributed by atoms with Crippen molar-refractivity contribution in [1.29, 1.82) is 0 Å². The highest BCUT2D eigenvalue weighted by Crippen LogP contribution is 2.10. The van der Waals surface area contributed by atoms with Gasteiger partial charge in [0.05, 0.1) is 6.61 Å². The Morgan fingerprint density at radius 2 is 2.17 bits per heavy atom. The smallest absolute Gasteiger partial charge is 0.193 e. The van der Waals surface area contributed by atoms with Crippen LogP contribution in [0.25, 0.3) is 0 Å². The molecule has 0 aliphatic rings. The van der Waals surface area contributed by atoms with Crippen LogP contribution in [0.15, 0.2) is 35.8 Å². The summed E-state index contributed by atoms with van der Waals surface area (Å²) in [6.45, 7) is 4.91. The number of nitrogens with zero attached hydrogens (tertiary/aromatic N) is 2. The van der Waals surface area contributed by atoms with Crippen molar-refractivity contribution in [3.05, 3.63) is 47.8 Å². The van der Waals surface area contributed by atoms with Crippen molar-refractivity contribution in [2.75, 3.05) is 20.6 Å². The first-order valence-corrected chi connectivity index (χ1v) is 8.03. The Kier molecular flexibility index (Phi) is 8.98. The zero-order valence-electron chi connectivity index (χ0n) is 14.2. The molecule has 0 spiro atoms. The lowest BCUT2D eigenvalue weighted by atomic mass is 10.1. The summed E-state index contributed by atoms with van der Waals surface area (Å²) in [5, 5.41) is 12.4. The van der Waals surface area contributed by atoms with Gasteiger partial charge in [0, 0.05) is 32.7 Å². The highest BCUT2D eigenvalue weighted by atomic mass is 19.1. The Hall–Kier alpha value is -1.88. The average Bonchev–Trinajstić information content (AvgIpc) is 2.56. The molecular weight excluding hydrogens is 293 g/mol. The number of benzene rings is 1. The summed E-state index contributed by atoms with van der Waals surface area (Å²) in [6.07, 6.45) is 6.46. The van der Waals surface area contributed by atoms with E-state index in [2.05, 4.69) is 21.8 Å². The Morgan fingerprint density at radius 1 is 1.39 bits per heavy atom. The number of hydrogen-bond acceptors (Lipinski definition) is 2. The first-order valence-electron chi connectivity index (χ1n) is 8.03. The molecule has 1 aromatic carbocycles. The second-order valence-electron chi connectivity index (χ2n) is 5.54. The molecule has 0 aliphatic heterocycles. The fraction of sp³-hybridized carbons (Fsp3) is 0.500. The maximum absolute atomic E-state index is 13.4. The fourth-order valence-corrected chi connectivity index (χ4v) is 2.35. The van der Waals surface area contributed by atoms with Crippen molar-refractivity contribution >= 4 is 5.96 Å². The van der Waals surface area contributed by atoms with Crippen LogP contribution in [-0.4, -0.2) is 36.6 Å². The molecule has 0 aliphatic carbocycles. The molecule has 0 unspecified atom stereocenters. The summed E-state index contributed by atoms with van der Waals surface area (Å²) in [5.74, 6) is 0.431. The first-order chi connectivity index (χ1) is 11.1. The summed E-state index contributed by atoms with van der Waals surface area (Å²) >= 11 is 0. The van der Waals surface area contributed by atoms with Gasteiger partial charge in [-0.15, -0.1) is 6.58 Å². The minimum Gasteiger partial charge on any atom is -0.392 e. The maximum Gasteiger partial charge on any atom is 0.193 e. The number of allylic oxidation sites excluding steroid dienone is 1. The molecule has 0 saturated carbocycles. The van der Waals surface area contributed by atoms with Gasteiger partial charge in [-0.2, -0.15) is 0 Å². The number of halogens is 1. The largest absolute Gasteiger partial charge is 0.392 e.